The normalized spacial score (nSPS) is 11.1. The SMILES string of the molecule is COc1cccc(CNC(=O)c2c(N)n(-c3cccc(C)c3)c3nc4ccccc4nc23)c1OC. The Morgan fingerprint density at radius 2 is 1.71 bits per heavy atom. The number of nitrogens with one attached hydrogen (secondary N) is 1. The highest BCUT2D eigenvalue weighted by Gasteiger charge is 2.25. The maximum absolute atomic E-state index is 13.5. The molecule has 0 fully saturated rings. The maximum Gasteiger partial charge on any atom is 0.257 e. The molecule has 0 spiro atoms. The van der Waals surface area contributed by atoms with Crippen molar-refractivity contribution >= 4 is 33.9 Å². The first-order valence-corrected chi connectivity index (χ1v) is 11.1. The van der Waals surface area contributed by atoms with Crippen LogP contribution in [-0.4, -0.2) is 34.7 Å². The van der Waals surface area contributed by atoms with Crippen LogP contribution in [0, 0.1) is 6.92 Å². The first kappa shape index (κ1) is 22.2. The maximum atomic E-state index is 13.5. The van der Waals surface area contributed by atoms with E-state index >= 15 is 0 Å². The first-order chi connectivity index (χ1) is 17.0. The number of amides is 1. The molecule has 8 heteroatoms. The second-order valence-corrected chi connectivity index (χ2v) is 8.15. The largest absolute Gasteiger partial charge is 0.493 e. The predicted molar refractivity (Wildman–Crippen MR) is 136 cm³/mol. The van der Waals surface area contributed by atoms with E-state index < -0.39 is 0 Å². The van der Waals surface area contributed by atoms with Crippen molar-refractivity contribution in [2.45, 2.75) is 13.5 Å². The van der Waals surface area contributed by atoms with Gasteiger partial charge in [-0.2, -0.15) is 0 Å². The highest BCUT2D eigenvalue weighted by atomic mass is 16.5. The fraction of sp³-hybridized carbons (Fsp3) is 0.148. The van der Waals surface area contributed by atoms with E-state index in [0.717, 1.165) is 22.3 Å². The van der Waals surface area contributed by atoms with Gasteiger partial charge in [0.05, 0.1) is 25.3 Å². The van der Waals surface area contributed by atoms with E-state index in [4.69, 9.17) is 25.2 Å². The van der Waals surface area contributed by atoms with E-state index in [1.54, 1.807) is 24.9 Å². The smallest absolute Gasteiger partial charge is 0.257 e. The Bertz CT molecular complexity index is 1570. The molecule has 176 valence electrons. The molecule has 0 bridgehead atoms. The molecular weight excluding hydrogens is 442 g/mol. The van der Waals surface area contributed by atoms with E-state index in [2.05, 4.69) is 5.32 Å². The molecule has 0 saturated heterocycles. The van der Waals surface area contributed by atoms with Crippen molar-refractivity contribution in [3.8, 4) is 17.2 Å². The van der Waals surface area contributed by atoms with E-state index in [9.17, 15) is 4.79 Å². The Hall–Kier alpha value is -4.59. The van der Waals surface area contributed by atoms with Crippen LogP contribution in [0.4, 0.5) is 5.82 Å². The molecule has 3 N–H and O–H groups in total. The number of rotatable bonds is 6. The van der Waals surface area contributed by atoms with Crippen LogP contribution in [0.15, 0.2) is 66.7 Å². The van der Waals surface area contributed by atoms with Crippen LogP contribution in [0.25, 0.3) is 27.9 Å². The van der Waals surface area contributed by atoms with Crippen molar-refractivity contribution in [2.24, 2.45) is 0 Å². The van der Waals surface area contributed by atoms with Crippen molar-refractivity contribution in [1.29, 1.82) is 0 Å². The van der Waals surface area contributed by atoms with Gasteiger partial charge in [0.1, 0.15) is 16.9 Å². The zero-order valence-corrected chi connectivity index (χ0v) is 19.7. The molecule has 5 aromatic rings. The molecular formula is C27H25N5O3. The molecule has 0 saturated carbocycles. The fourth-order valence-electron chi connectivity index (χ4n) is 4.27. The number of nitrogens with zero attached hydrogens (tertiary/aromatic N) is 3. The molecule has 0 unspecified atom stereocenters. The highest BCUT2D eigenvalue weighted by Crippen LogP contribution is 2.33. The molecule has 2 heterocycles. The Labute approximate surface area is 202 Å². The number of ether oxygens (including phenoxy) is 2. The summed E-state index contributed by atoms with van der Waals surface area (Å²) in [5.41, 5.74) is 11.9. The number of benzene rings is 3. The van der Waals surface area contributed by atoms with Gasteiger partial charge in [-0.1, -0.05) is 36.4 Å². The van der Waals surface area contributed by atoms with E-state index in [0.29, 0.717) is 28.2 Å². The van der Waals surface area contributed by atoms with Crippen molar-refractivity contribution < 1.29 is 14.3 Å². The lowest BCUT2D eigenvalue weighted by molar-refractivity contribution is 0.0953. The summed E-state index contributed by atoms with van der Waals surface area (Å²) >= 11 is 0. The van der Waals surface area contributed by atoms with Gasteiger partial charge in [0.15, 0.2) is 17.1 Å². The van der Waals surface area contributed by atoms with E-state index in [-0.39, 0.29) is 23.8 Å². The average Bonchev–Trinajstić information content (AvgIpc) is 3.15. The Morgan fingerprint density at radius 1 is 0.971 bits per heavy atom. The Kier molecular flexibility index (Phi) is 5.70. The second kappa shape index (κ2) is 8.98. The van der Waals surface area contributed by atoms with Crippen LogP contribution in [0.5, 0.6) is 11.5 Å². The third kappa shape index (κ3) is 3.89. The number of aryl methyl sites for hydroxylation is 1. The number of nitrogens with two attached hydrogens (primary N) is 1. The molecule has 0 radical (unpaired) electrons. The summed E-state index contributed by atoms with van der Waals surface area (Å²) in [5.74, 6) is 1.08. The van der Waals surface area contributed by atoms with Crippen molar-refractivity contribution in [2.75, 3.05) is 20.0 Å². The number of carbonyl (C=O) groups excluding carboxylic acids is 1. The average molecular weight is 468 g/mol. The monoisotopic (exact) mass is 467 g/mol. The minimum atomic E-state index is -0.353. The topological polar surface area (TPSA) is 104 Å². The van der Waals surface area contributed by atoms with Gasteiger partial charge in [0.2, 0.25) is 0 Å². The summed E-state index contributed by atoms with van der Waals surface area (Å²) in [6, 6.07) is 20.9. The summed E-state index contributed by atoms with van der Waals surface area (Å²) in [6.07, 6.45) is 0. The van der Waals surface area contributed by atoms with Crippen LogP contribution in [-0.2, 0) is 6.54 Å². The van der Waals surface area contributed by atoms with Gasteiger partial charge in [-0.15, -0.1) is 0 Å². The molecule has 0 aliphatic carbocycles. The second-order valence-electron chi connectivity index (χ2n) is 8.15. The van der Waals surface area contributed by atoms with Crippen LogP contribution >= 0.6 is 0 Å². The summed E-state index contributed by atoms with van der Waals surface area (Å²) in [4.78, 5) is 23.1. The van der Waals surface area contributed by atoms with E-state index in [1.807, 2.05) is 67.6 Å². The molecule has 2 aromatic heterocycles. The quantitative estimate of drug-likeness (QED) is 0.383. The minimum absolute atomic E-state index is 0.219. The molecule has 5 rings (SSSR count). The van der Waals surface area contributed by atoms with Gasteiger partial charge < -0.3 is 20.5 Å². The van der Waals surface area contributed by atoms with Gasteiger partial charge in [-0.25, -0.2) is 9.97 Å². The molecule has 8 nitrogen and oxygen atoms in total. The highest BCUT2D eigenvalue weighted by molar-refractivity contribution is 6.11. The number of carbonyl (C=O) groups is 1. The number of para-hydroxylation sites is 3. The molecule has 0 aliphatic heterocycles. The van der Waals surface area contributed by atoms with Gasteiger partial charge >= 0.3 is 0 Å². The summed E-state index contributed by atoms with van der Waals surface area (Å²) in [6.45, 7) is 2.22. The molecule has 1 amide bonds. The summed E-state index contributed by atoms with van der Waals surface area (Å²) in [5, 5.41) is 2.96. The van der Waals surface area contributed by atoms with Gasteiger partial charge in [-0.05, 0) is 42.8 Å². The molecule has 3 aromatic carbocycles. The number of hydrogen-bond donors (Lipinski definition) is 2. The number of aromatic nitrogens is 3. The Balaban J connectivity index is 1.63. The lowest BCUT2D eigenvalue weighted by Crippen LogP contribution is -2.24. The van der Waals surface area contributed by atoms with Crippen LogP contribution in [0.1, 0.15) is 21.5 Å². The molecule has 0 atom stereocenters. The van der Waals surface area contributed by atoms with Crippen LogP contribution in [0.3, 0.4) is 0 Å². The molecule has 0 aliphatic rings. The number of anilines is 1. The van der Waals surface area contributed by atoms with Crippen molar-refractivity contribution in [1.82, 2.24) is 19.9 Å². The fourth-order valence-corrected chi connectivity index (χ4v) is 4.27. The number of hydrogen-bond acceptors (Lipinski definition) is 6. The van der Waals surface area contributed by atoms with Gasteiger partial charge in [0.25, 0.3) is 5.91 Å². The third-order valence-corrected chi connectivity index (χ3v) is 5.91. The zero-order valence-electron chi connectivity index (χ0n) is 19.7. The van der Waals surface area contributed by atoms with Gasteiger partial charge in [-0.3, -0.25) is 9.36 Å². The molecule has 35 heavy (non-hydrogen) atoms. The van der Waals surface area contributed by atoms with Crippen LogP contribution < -0.4 is 20.5 Å². The van der Waals surface area contributed by atoms with Crippen molar-refractivity contribution in [3.63, 3.8) is 0 Å². The first-order valence-electron chi connectivity index (χ1n) is 11.1. The number of methoxy groups -OCH3 is 2. The predicted octanol–water partition coefficient (Wildman–Crippen LogP) is 4.41. The summed E-state index contributed by atoms with van der Waals surface area (Å²) in [7, 11) is 3.14. The van der Waals surface area contributed by atoms with Crippen LogP contribution in [0.2, 0.25) is 0 Å². The number of fused-ring (bicyclic) bond motifs is 2. The number of nitrogen functional groups attached to an aromatic ring is 1. The van der Waals surface area contributed by atoms with Crippen molar-refractivity contribution in [3.05, 3.63) is 83.4 Å². The van der Waals surface area contributed by atoms with Gasteiger partial charge in [0, 0.05) is 17.8 Å². The zero-order chi connectivity index (χ0) is 24.5. The third-order valence-electron chi connectivity index (χ3n) is 5.91. The van der Waals surface area contributed by atoms with E-state index in [1.165, 1.54) is 0 Å². The standard InChI is InChI=1S/C27H25N5O3/c1-16-8-6-10-18(14-16)32-25(28)22(23-26(32)31-20-12-5-4-11-19(20)30-23)27(33)29-15-17-9-7-13-21(34-2)24(17)35-3/h4-14H,15,28H2,1-3H3,(H,29,33). The minimum Gasteiger partial charge on any atom is -0.493 e. The lowest BCUT2D eigenvalue weighted by atomic mass is 10.1. The Morgan fingerprint density at radius 3 is 2.43 bits per heavy atom. The summed E-state index contributed by atoms with van der Waals surface area (Å²) < 4.78 is 12.6. The lowest BCUT2D eigenvalue weighted by Gasteiger charge is -2.13.